The Labute approximate surface area is 195 Å². The highest BCUT2D eigenvalue weighted by Gasteiger charge is 2.34. The van der Waals surface area contributed by atoms with E-state index in [4.69, 9.17) is 9.47 Å². The van der Waals surface area contributed by atoms with Crippen LogP contribution in [0.15, 0.2) is 23.1 Å². The number of methoxy groups -OCH3 is 1. The summed E-state index contributed by atoms with van der Waals surface area (Å²) in [5, 5.41) is 18.4. The van der Waals surface area contributed by atoms with E-state index >= 15 is 0 Å². The van der Waals surface area contributed by atoms with Gasteiger partial charge in [-0.05, 0) is 31.5 Å². The number of rotatable bonds is 10. The molecule has 1 saturated heterocycles. The zero-order valence-corrected chi connectivity index (χ0v) is 19.8. The largest absolute Gasteiger partial charge is 0.385 e. The highest BCUT2D eigenvalue weighted by atomic mass is 32.2. The van der Waals surface area contributed by atoms with Gasteiger partial charge in [-0.1, -0.05) is 0 Å². The highest BCUT2D eigenvalue weighted by molar-refractivity contribution is 7.89. The predicted octanol–water partition coefficient (Wildman–Crippen LogP) is 2.61. The molecule has 34 heavy (non-hydrogen) atoms. The first kappa shape index (κ1) is 25.9. The van der Waals surface area contributed by atoms with E-state index in [9.17, 15) is 27.3 Å². The molecular formula is C20H27F2N5O6S. The van der Waals surface area contributed by atoms with Gasteiger partial charge < -0.3 is 14.8 Å². The van der Waals surface area contributed by atoms with E-state index in [0.29, 0.717) is 18.7 Å². The van der Waals surface area contributed by atoms with Crippen LogP contribution in [0.4, 0.5) is 20.2 Å². The molecule has 0 amide bonds. The van der Waals surface area contributed by atoms with Crippen LogP contribution in [0.2, 0.25) is 0 Å². The van der Waals surface area contributed by atoms with Crippen molar-refractivity contribution in [3.63, 3.8) is 0 Å². The van der Waals surface area contributed by atoms with Crippen LogP contribution in [0.5, 0.6) is 0 Å². The average molecular weight is 504 g/mol. The fourth-order valence-corrected chi connectivity index (χ4v) is 5.48. The predicted molar refractivity (Wildman–Crippen MR) is 118 cm³/mol. The summed E-state index contributed by atoms with van der Waals surface area (Å²) in [5.74, 6) is 0. The van der Waals surface area contributed by atoms with Crippen LogP contribution in [-0.2, 0) is 33.1 Å². The molecule has 188 valence electrons. The average Bonchev–Trinajstić information content (AvgIpc) is 3.16. The quantitative estimate of drug-likeness (QED) is 0.387. The first-order chi connectivity index (χ1) is 16.1. The van der Waals surface area contributed by atoms with Crippen molar-refractivity contribution in [3.05, 3.63) is 45.3 Å². The lowest BCUT2D eigenvalue weighted by molar-refractivity contribution is -0.384. The number of halogens is 2. The summed E-state index contributed by atoms with van der Waals surface area (Å²) in [6, 6.07) is 3.83. The molecule has 1 N–H and O–H groups in total. The molecule has 1 atom stereocenters. The summed E-state index contributed by atoms with van der Waals surface area (Å²) >= 11 is 0. The number of sulfonamides is 1. The van der Waals surface area contributed by atoms with Crippen molar-refractivity contribution in [2.45, 2.75) is 37.3 Å². The van der Waals surface area contributed by atoms with Gasteiger partial charge in [-0.15, -0.1) is 0 Å². The highest BCUT2D eigenvalue weighted by Crippen LogP contribution is 2.35. The molecule has 14 heteroatoms. The number of alkyl halides is 2. The summed E-state index contributed by atoms with van der Waals surface area (Å²) in [6.45, 7) is 2.22. The Hall–Kier alpha value is -2.68. The number of aryl methyl sites for hydroxylation is 1. The summed E-state index contributed by atoms with van der Waals surface area (Å²) in [7, 11) is -0.991. The fourth-order valence-electron chi connectivity index (χ4n) is 3.80. The topological polar surface area (TPSA) is 129 Å². The van der Waals surface area contributed by atoms with E-state index < -0.39 is 32.8 Å². The Morgan fingerprint density at radius 1 is 1.41 bits per heavy atom. The first-order valence-corrected chi connectivity index (χ1v) is 11.9. The lowest BCUT2D eigenvalue weighted by atomic mass is 10.1. The maximum atomic E-state index is 13.3. The van der Waals surface area contributed by atoms with E-state index in [1.54, 1.807) is 7.11 Å². The zero-order valence-electron chi connectivity index (χ0n) is 19.0. The molecule has 3 rings (SSSR count). The molecule has 11 nitrogen and oxygen atoms in total. The van der Waals surface area contributed by atoms with Gasteiger partial charge in [-0.3, -0.25) is 14.8 Å². The number of ether oxygens (including phenoxy) is 2. The number of nitrogens with zero attached hydrogens (tertiary/aromatic N) is 4. The second-order valence-corrected chi connectivity index (χ2v) is 9.72. The van der Waals surface area contributed by atoms with Crippen LogP contribution in [0.25, 0.3) is 0 Å². The normalized spacial score (nSPS) is 17.3. The molecule has 0 aliphatic carbocycles. The molecule has 0 spiro atoms. The van der Waals surface area contributed by atoms with Crippen molar-refractivity contribution in [2.24, 2.45) is 7.05 Å². The minimum atomic E-state index is -4.02. The number of nitro benzene ring substituents is 1. The van der Waals surface area contributed by atoms with E-state index in [2.05, 4.69) is 10.4 Å². The Morgan fingerprint density at radius 2 is 2.15 bits per heavy atom. The van der Waals surface area contributed by atoms with Crippen LogP contribution in [0, 0.1) is 17.0 Å². The molecule has 0 bridgehead atoms. The lowest BCUT2D eigenvalue weighted by Crippen LogP contribution is -2.46. The Morgan fingerprint density at radius 3 is 2.76 bits per heavy atom. The molecule has 0 radical (unpaired) electrons. The molecule has 2 aromatic rings. The Kier molecular flexibility index (Phi) is 8.17. The van der Waals surface area contributed by atoms with Gasteiger partial charge in [0.25, 0.3) is 12.1 Å². The monoisotopic (exact) mass is 503 g/mol. The third-order valence-corrected chi connectivity index (χ3v) is 7.62. The number of hydrogen-bond acceptors (Lipinski definition) is 8. The van der Waals surface area contributed by atoms with Crippen LogP contribution in [-0.4, -0.2) is 66.9 Å². The van der Waals surface area contributed by atoms with Crippen molar-refractivity contribution >= 4 is 21.4 Å². The van der Waals surface area contributed by atoms with Gasteiger partial charge in [0.2, 0.25) is 10.0 Å². The molecule has 1 aliphatic heterocycles. The lowest BCUT2D eigenvalue weighted by Gasteiger charge is -2.32. The number of anilines is 1. The summed E-state index contributed by atoms with van der Waals surface area (Å²) < 4.78 is 65.5. The van der Waals surface area contributed by atoms with Gasteiger partial charge in [-0.2, -0.15) is 9.40 Å². The second kappa shape index (κ2) is 10.7. The van der Waals surface area contributed by atoms with Gasteiger partial charge in [0.15, 0.2) is 0 Å². The number of morpholine rings is 1. The third kappa shape index (κ3) is 5.51. The van der Waals surface area contributed by atoms with E-state index in [0.717, 1.165) is 0 Å². The van der Waals surface area contributed by atoms with E-state index in [1.165, 1.54) is 41.2 Å². The van der Waals surface area contributed by atoms with Crippen molar-refractivity contribution in [1.29, 1.82) is 0 Å². The molecule has 1 fully saturated rings. The molecule has 1 aliphatic rings. The molecule has 2 heterocycles. The van der Waals surface area contributed by atoms with Gasteiger partial charge in [0, 0.05) is 39.4 Å². The summed E-state index contributed by atoms with van der Waals surface area (Å²) in [4.78, 5) is 11.0. The number of hydrogen-bond donors (Lipinski definition) is 1. The maximum Gasteiger partial charge on any atom is 0.296 e. The SMILES string of the molecule is COCCC1CN(S(=O)(=O)c2ccc(NCc3cc(C(F)F)nn3C)c([N+](=O)[O-])c2C)CCO1. The number of aromatic nitrogens is 2. The van der Waals surface area contributed by atoms with Crippen molar-refractivity contribution < 1.29 is 31.6 Å². The molecule has 1 aromatic carbocycles. The van der Waals surface area contributed by atoms with Crippen molar-refractivity contribution in [3.8, 4) is 0 Å². The fraction of sp³-hybridized carbons (Fsp3) is 0.550. The molecule has 1 aromatic heterocycles. The maximum absolute atomic E-state index is 13.3. The smallest absolute Gasteiger partial charge is 0.296 e. The second-order valence-electron chi connectivity index (χ2n) is 7.82. The molecule has 1 unspecified atom stereocenters. The van der Waals surface area contributed by atoms with Crippen molar-refractivity contribution in [2.75, 3.05) is 38.7 Å². The first-order valence-electron chi connectivity index (χ1n) is 10.5. The summed E-state index contributed by atoms with van der Waals surface area (Å²) in [5.41, 5.74) is -0.369. The van der Waals surface area contributed by atoms with Gasteiger partial charge in [0.05, 0.1) is 34.8 Å². The van der Waals surface area contributed by atoms with Crippen LogP contribution < -0.4 is 5.32 Å². The number of benzene rings is 1. The standard InChI is InChI=1S/C20H27F2N5O6S/c1-13-18(34(30,31)26-7-9-33-15(12-26)6-8-32-3)5-4-16(19(13)27(28)29)23-11-14-10-17(20(21)22)24-25(14)2/h4-5,10,15,20,23H,6-9,11-12H2,1-3H3. The van der Waals surface area contributed by atoms with E-state index in [1.807, 2.05) is 0 Å². The van der Waals surface area contributed by atoms with E-state index in [-0.39, 0.29) is 48.5 Å². The van der Waals surface area contributed by atoms with Gasteiger partial charge in [0.1, 0.15) is 11.4 Å². The Bertz CT molecular complexity index is 1140. The number of nitrogens with one attached hydrogen (secondary N) is 1. The minimum absolute atomic E-state index is 0.0202. The molecular weight excluding hydrogens is 476 g/mol. The van der Waals surface area contributed by atoms with Gasteiger partial charge >= 0.3 is 0 Å². The Balaban J connectivity index is 1.86. The van der Waals surface area contributed by atoms with Crippen LogP contribution in [0.3, 0.4) is 0 Å². The third-order valence-electron chi connectivity index (χ3n) is 5.61. The van der Waals surface area contributed by atoms with Crippen LogP contribution >= 0.6 is 0 Å². The molecule has 0 saturated carbocycles. The van der Waals surface area contributed by atoms with Crippen LogP contribution in [0.1, 0.15) is 29.8 Å². The minimum Gasteiger partial charge on any atom is -0.385 e. The number of nitro groups is 1. The van der Waals surface area contributed by atoms with Gasteiger partial charge in [-0.25, -0.2) is 17.2 Å². The summed E-state index contributed by atoms with van der Waals surface area (Å²) in [6.07, 6.45) is -2.56. The van der Waals surface area contributed by atoms with Crippen molar-refractivity contribution in [1.82, 2.24) is 14.1 Å². The zero-order chi connectivity index (χ0) is 25.0.